The van der Waals surface area contributed by atoms with E-state index in [1.165, 1.54) is 0 Å². The normalized spacial score (nSPS) is 49.3. The van der Waals surface area contributed by atoms with Gasteiger partial charge in [-0.25, -0.2) is 0 Å². The van der Waals surface area contributed by atoms with Crippen LogP contribution >= 0.6 is 0 Å². The lowest BCUT2D eigenvalue weighted by Crippen LogP contribution is -2.62. The topological polar surface area (TPSA) is 71.4 Å². The van der Waals surface area contributed by atoms with Gasteiger partial charge < -0.3 is 5.11 Å². The fourth-order valence-corrected chi connectivity index (χ4v) is 6.11. The second-order valence-electron chi connectivity index (χ2n) is 8.50. The third-order valence-electron chi connectivity index (χ3n) is 7.69. The average Bonchev–Trinajstić information content (AvgIpc) is 2.74. The highest BCUT2D eigenvalue weighted by Gasteiger charge is 2.67. The van der Waals surface area contributed by atoms with E-state index in [2.05, 4.69) is 6.92 Å². The molecule has 4 aliphatic carbocycles. The molecule has 4 nitrogen and oxygen atoms in total. The minimum absolute atomic E-state index is 0.00109. The van der Waals surface area contributed by atoms with Crippen molar-refractivity contribution in [1.82, 2.24) is 0 Å². The molecule has 0 unspecified atom stereocenters. The molecule has 5 atom stereocenters. The van der Waals surface area contributed by atoms with Gasteiger partial charge in [-0.1, -0.05) is 6.92 Å². The van der Waals surface area contributed by atoms with E-state index in [4.69, 9.17) is 0 Å². The number of rotatable bonds is 0. The Morgan fingerprint density at radius 1 is 1.04 bits per heavy atom. The summed E-state index contributed by atoms with van der Waals surface area (Å²) in [6.45, 7) is 3.98. The van der Waals surface area contributed by atoms with Gasteiger partial charge in [-0.3, -0.25) is 14.4 Å². The third-order valence-corrected chi connectivity index (χ3v) is 7.69. The van der Waals surface area contributed by atoms with Crippen LogP contribution in [0.1, 0.15) is 58.8 Å². The first-order valence-corrected chi connectivity index (χ1v) is 8.76. The van der Waals surface area contributed by atoms with Gasteiger partial charge in [0.15, 0.2) is 11.6 Å². The molecule has 0 saturated heterocycles. The molecule has 0 amide bonds. The highest BCUT2D eigenvalue weighted by Crippen LogP contribution is 2.65. The number of allylic oxidation sites excluding steroid dienone is 1. The van der Waals surface area contributed by atoms with E-state index in [0.29, 0.717) is 37.7 Å². The Morgan fingerprint density at radius 2 is 1.78 bits per heavy atom. The van der Waals surface area contributed by atoms with Crippen LogP contribution in [0.25, 0.3) is 0 Å². The van der Waals surface area contributed by atoms with Gasteiger partial charge in [0.1, 0.15) is 5.78 Å². The zero-order chi connectivity index (χ0) is 16.6. The van der Waals surface area contributed by atoms with Crippen LogP contribution < -0.4 is 0 Å². The van der Waals surface area contributed by atoms with Gasteiger partial charge in [0, 0.05) is 24.8 Å². The lowest BCUT2D eigenvalue weighted by atomic mass is 9.45. The van der Waals surface area contributed by atoms with E-state index in [0.717, 1.165) is 6.42 Å². The van der Waals surface area contributed by atoms with Crippen molar-refractivity contribution in [2.24, 2.45) is 22.7 Å². The molecule has 0 bridgehead atoms. The van der Waals surface area contributed by atoms with Gasteiger partial charge in [0.2, 0.25) is 0 Å². The first-order valence-electron chi connectivity index (χ1n) is 8.76. The van der Waals surface area contributed by atoms with E-state index in [-0.39, 0.29) is 41.0 Å². The predicted octanol–water partition coefficient (Wildman–Crippen LogP) is 2.38. The number of Topliss-reactive ketones (excluding diaryl/α,β-unsaturated/α-hetero) is 2. The Labute approximate surface area is 136 Å². The van der Waals surface area contributed by atoms with Crippen molar-refractivity contribution in [1.29, 1.82) is 0 Å². The minimum atomic E-state index is -1.06. The summed E-state index contributed by atoms with van der Waals surface area (Å²) in [6, 6.07) is 0. The smallest absolute Gasteiger partial charge is 0.159 e. The number of carbonyl (C=O) groups is 3. The number of hydrogen-bond donors (Lipinski definition) is 1. The van der Waals surface area contributed by atoms with E-state index < -0.39 is 11.0 Å². The molecule has 3 fully saturated rings. The summed E-state index contributed by atoms with van der Waals surface area (Å²) in [5.74, 6) is 0.216. The second-order valence-corrected chi connectivity index (χ2v) is 8.50. The Morgan fingerprint density at radius 3 is 2.52 bits per heavy atom. The van der Waals surface area contributed by atoms with Gasteiger partial charge in [0.05, 0.1) is 11.0 Å². The van der Waals surface area contributed by atoms with Gasteiger partial charge in [-0.2, -0.15) is 0 Å². The molecule has 124 valence electrons. The molecule has 4 heteroatoms. The van der Waals surface area contributed by atoms with Crippen LogP contribution in [0.5, 0.6) is 0 Å². The molecule has 1 N–H and O–H groups in total. The van der Waals surface area contributed by atoms with Crippen molar-refractivity contribution in [3.8, 4) is 0 Å². The van der Waals surface area contributed by atoms with Crippen LogP contribution in [-0.4, -0.2) is 28.1 Å². The van der Waals surface area contributed by atoms with Crippen molar-refractivity contribution in [2.75, 3.05) is 0 Å². The molecule has 23 heavy (non-hydrogen) atoms. The van der Waals surface area contributed by atoms with Crippen LogP contribution in [0, 0.1) is 22.7 Å². The monoisotopic (exact) mass is 316 g/mol. The molecule has 0 radical (unpaired) electrons. The summed E-state index contributed by atoms with van der Waals surface area (Å²) in [6.07, 6.45) is 5.43. The van der Waals surface area contributed by atoms with Gasteiger partial charge in [-0.05, 0) is 55.9 Å². The summed E-state index contributed by atoms with van der Waals surface area (Å²) < 4.78 is 0. The molecule has 4 aliphatic rings. The molecule has 0 aromatic rings. The largest absolute Gasteiger partial charge is 0.389 e. The van der Waals surface area contributed by atoms with E-state index in [1.807, 2.05) is 6.92 Å². The number of hydrogen-bond acceptors (Lipinski definition) is 4. The lowest BCUT2D eigenvalue weighted by molar-refractivity contribution is -0.181. The quantitative estimate of drug-likeness (QED) is 0.745. The lowest BCUT2D eigenvalue weighted by Gasteiger charge is -2.59. The Hall–Kier alpha value is -1.29. The zero-order valence-corrected chi connectivity index (χ0v) is 13.9. The van der Waals surface area contributed by atoms with Gasteiger partial charge in [0.25, 0.3) is 0 Å². The highest BCUT2D eigenvalue weighted by atomic mass is 16.3. The molecule has 4 rings (SSSR count). The van der Waals surface area contributed by atoms with Crippen LogP contribution in [0.3, 0.4) is 0 Å². The van der Waals surface area contributed by atoms with Crippen molar-refractivity contribution in [3.63, 3.8) is 0 Å². The molecule has 0 heterocycles. The number of carbonyl (C=O) groups excluding carboxylic acids is 3. The van der Waals surface area contributed by atoms with E-state index in [1.54, 1.807) is 6.08 Å². The maximum absolute atomic E-state index is 12.7. The Bertz CT molecular complexity index is 662. The van der Waals surface area contributed by atoms with Crippen LogP contribution in [0.2, 0.25) is 0 Å². The molecule has 3 saturated carbocycles. The minimum Gasteiger partial charge on any atom is -0.389 e. The molecule has 0 spiro atoms. The first kappa shape index (κ1) is 15.3. The summed E-state index contributed by atoms with van der Waals surface area (Å²) in [5.41, 5.74) is -1.40. The second kappa shape index (κ2) is 4.41. The van der Waals surface area contributed by atoms with E-state index >= 15 is 0 Å². The van der Waals surface area contributed by atoms with Crippen molar-refractivity contribution in [2.45, 2.75) is 64.4 Å². The zero-order valence-electron chi connectivity index (χ0n) is 13.9. The summed E-state index contributed by atoms with van der Waals surface area (Å²) in [4.78, 5) is 36.9. The molecule has 0 aromatic carbocycles. The predicted molar refractivity (Wildman–Crippen MR) is 83.6 cm³/mol. The number of ketones is 3. The maximum atomic E-state index is 12.7. The van der Waals surface area contributed by atoms with Gasteiger partial charge in [-0.15, -0.1) is 0 Å². The number of fused-ring (bicyclic) bond motifs is 5. The highest BCUT2D eigenvalue weighted by molar-refractivity contribution is 6.06. The van der Waals surface area contributed by atoms with Crippen molar-refractivity contribution >= 4 is 17.3 Å². The Balaban J connectivity index is 1.81. The van der Waals surface area contributed by atoms with Crippen molar-refractivity contribution < 1.29 is 19.5 Å². The average molecular weight is 316 g/mol. The van der Waals surface area contributed by atoms with Crippen LogP contribution in [0.15, 0.2) is 11.6 Å². The molecular formula is C19H24O4. The molecule has 0 aromatic heterocycles. The van der Waals surface area contributed by atoms with Crippen LogP contribution in [0.4, 0.5) is 0 Å². The van der Waals surface area contributed by atoms with E-state index in [9.17, 15) is 19.5 Å². The summed E-state index contributed by atoms with van der Waals surface area (Å²) in [7, 11) is 0. The SMILES string of the molecule is C[C@]12CCC(=O)C=C1C(=O)C[C@@H]1[C@@H]2CC[C@]2(C)C(=O)CC[C@@]12O. The summed E-state index contributed by atoms with van der Waals surface area (Å²) in [5, 5.41) is 11.5. The fraction of sp³-hybridized carbons (Fsp3) is 0.737. The maximum Gasteiger partial charge on any atom is 0.159 e. The fourth-order valence-electron chi connectivity index (χ4n) is 6.11. The standard InChI is InChI=1S/C19H24O4/c1-17-6-3-11(20)9-14(17)15(21)10-13-12(17)4-7-18(2)16(22)5-8-19(13,18)23/h9,12-13,23H,3-8,10H2,1-2H3/t12-,13+,17+,18+,19+/m0/s1. The Kier molecular flexibility index (Phi) is 2.92. The van der Waals surface area contributed by atoms with Crippen LogP contribution in [-0.2, 0) is 14.4 Å². The van der Waals surface area contributed by atoms with Gasteiger partial charge >= 0.3 is 0 Å². The molecule has 0 aliphatic heterocycles. The van der Waals surface area contributed by atoms with Crippen molar-refractivity contribution in [3.05, 3.63) is 11.6 Å². The molecular weight excluding hydrogens is 292 g/mol. The first-order chi connectivity index (χ1) is 10.7. The summed E-state index contributed by atoms with van der Waals surface area (Å²) >= 11 is 0. The number of aliphatic hydroxyl groups is 1. The third kappa shape index (κ3) is 1.68.